The largest absolute Gasteiger partial charge is 0.489 e. The molecule has 3 nitrogen and oxygen atoms in total. The highest BCUT2D eigenvalue weighted by atomic mass is 16.5. The maximum absolute atomic E-state index is 12.2. The van der Waals surface area contributed by atoms with Crippen molar-refractivity contribution in [3.63, 3.8) is 0 Å². The van der Waals surface area contributed by atoms with Gasteiger partial charge in [-0.15, -0.1) is 0 Å². The van der Waals surface area contributed by atoms with E-state index in [1.54, 1.807) is 18.0 Å². The molecule has 116 valence electrons. The van der Waals surface area contributed by atoms with Crippen molar-refractivity contribution >= 4 is 5.91 Å². The van der Waals surface area contributed by atoms with Crippen molar-refractivity contribution in [1.82, 2.24) is 4.90 Å². The van der Waals surface area contributed by atoms with Gasteiger partial charge in [0.25, 0.3) is 5.91 Å². The predicted octanol–water partition coefficient (Wildman–Crippen LogP) is 3.97. The van der Waals surface area contributed by atoms with E-state index in [9.17, 15) is 4.79 Å². The summed E-state index contributed by atoms with van der Waals surface area (Å²) in [5.74, 6) is 0.730. The van der Waals surface area contributed by atoms with Crippen LogP contribution in [0.15, 0.2) is 42.5 Å². The number of hydrogen-bond acceptors (Lipinski definition) is 2. The Kier molecular flexibility index (Phi) is 5.21. The van der Waals surface area contributed by atoms with Gasteiger partial charge in [-0.1, -0.05) is 35.4 Å². The van der Waals surface area contributed by atoms with Crippen LogP contribution in [-0.4, -0.2) is 24.4 Å². The molecule has 0 aromatic heterocycles. The van der Waals surface area contributed by atoms with E-state index in [1.165, 1.54) is 11.1 Å². The zero-order valence-corrected chi connectivity index (χ0v) is 13.7. The molecule has 0 saturated heterocycles. The Balaban J connectivity index is 2.09. The number of rotatable bonds is 5. The highest BCUT2D eigenvalue weighted by molar-refractivity contribution is 5.94. The summed E-state index contributed by atoms with van der Waals surface area (Å²) in [5.41, 5.74) is 4.25. The van der Waals surface area contributed by atoms with E-state index in [4.69, 9.17) is 4.74 Å². The molecule has 0 fully saturated rings. The van der Waals surface area contributed by atoms with Crippen molar-refractivity contribution in [2.45, 2.75) is 27.4 Å². The Labute approximate surface area is 132 Å². The third-order valence-electron chi connectivity index (χ3n) is 3.59. The van der Waals surface area contributed by atoms with E-state index >= 15 is 0 Å². The molecule has 0 spiro atoms. The number of carbonyl (C=O) groups excluding carboxylic acids is 1. The van der Waals surface area contributed by atoms with Crippen molar-refractivity contribution in [2.24, 2.45) is 0 Å². The minimum Gasteiger partial charge on any atom is -0.489 e. The third-order valence-corrected chi connectivity index (χ3v) is 3.59. The van der Waals surface area contributed by atoms with Gasteiger partial charge in [0.15, 0.2) is 0 Å². The molecule has 0 atom stereocenters. The Hall–Kier alpha value is -2.29. The molecule has 22 heavy (non-hydrogen) atoms. The highest BCUT2D eigenvalue weighted by Gasteiger charge is 2.10. The molecule has 2 aromatic rings. The minimum absolute atomic E-state index is 0.0133. The van der Waals surface area contributed by atoms with Crippen LogP contribution < -0.4 is 4.74 Å². The second-order valence-corrected chi connectivity index (χ2v) is 5.63. The van der Waals surface area contributed by atoms with Crippen LogP contribution in [0.3, 0.4) is 0 Å². The Morgan fingerprint density at radius 2 is 1.77 bits per heavy atom. The van der Waals surface area contributed by atoms with Crippen molar-refractivity contribution in [1.29, 1.82) is 0 Å². The smallest absolute Gasteiger partial charge is 0.253 e. The molecule has 2 rings (SSSR count). The highest BCUT2D eigenvalue weighted by Crippen LogP contribution is 2.17. The Bertz CT molecular complexity index is 644. The SMILES string of the molecule is CCN(C)C(=O)c1cccc(OCc2cc(C)cc(C)c2)c1. The zero-order chi connectivity index (χ0) is 16.1. The molecular weight excluding hydrogens is 274 g/mol. The number of carbonyl (C=O) groups is 1. The first kappa shape index (κ1) is 16.1. The molecule has 0 saturated carbocycles. The number of benzene rings is 2. The van der Waals surface area contributed by atoms with Gasteiger partial charge in [0.2, 0.25) is 0 Å². The summed E-state index contributed by atoms with van der Waals surface area (Å²) in [6, 6.07) is 13.7. The van der Waals surface area contributed by atoms with Gasteiger partial charge < -0.3 is 9.64 Å². The maximum atomic E-state index is 12.2. The summed E-state index contributed by atoms with van der Waals surface area (Å²) in [6.45, 7) is 7.31. The average Bonchev–Trinajstić information content (AvgIpc) is 2.51. The van der Waals surface area contributed by atoms with Crippen LogP contribution in [0.2, 0.25) is 0 Å². The van der Waals surface area contributed by atoms with Crippen LogP contribution in [0.25, 0.3) is 0 Å². The summed E-state index contributed by atoms with van der Waals surface area (Å²) in [7, 11) is 1.80. The lowest BCUT2D eigenvalue weighted by Crippen LogP contribution is -2.26. The summed E-state index contributed by atoms with van der Waals surface area (Å²) < 4.78 is 5.84. The fourth-order valence-corrected chi connectivity index (χ4v) is 2.40. The molecule has 0 bridgehead atoms. The topological polar surface area (TPSA) is 29.5 Å². The van der Waals surface area contributed by atoms with E-state index in [0.717, 1.165) is 11.3 Å². The lowest BCUT2D eigenvalue weighted by Gasteiger charge is -2.15. The average molecular weight is 297 g/mol. The normalized spacial score (nSPS) is 10.4. The molecule has 0 aliphatic rings. The lowest BCUT2D eigenvalue weighted by atomic mass is 10.1. The first-order valence-electron chi connectivity index (χ1n) is 7.55. The Morgan fingerprint density at radius 1 is 1.09 bits per heavy atom. The van der Waals surface area contributed by atoms with Crippen molar-refractivity contribution in [2.75, 3.05) is 13.6 Å². The van der Waals surface area contributed by atoms with Gasteiger partial charge in [-0.25, -0.2) is 0 Å². The Morgan fingerprint density at radius 3 is 2.41 bits per heavy atom. The zero-order valence-electron chi connectivity index (χ0n) is 13.7. The van der Waals surface area contributed by atoms with E-state index in [2.05, 4.69) is 32.0 Å². The molecule has 0 N–H and O–H groups in total. The van der Waals surface area contributed by atoms with Crippen molar-refractivity contribution in [3.8, 4) is 5.75 Å². The molecule has 0 heterocycles. The molecule has 0 unspecified atom stereocenters. The molecule has 0 radical (unpaired) electrons. The summed E-state index contributed by atoms with van der Waals surface area (Å²) in [5, 5.41) is 0. The van der Waals surface area contributed by atoms with E-state index in [-0.39, 0.29) is 5.91 Å². The van der Waals surface area contributed by atoms with Crippen LogP contribution in [-0.2, 0) is 6.61 Å². The molecule has 1 amide bonds. The predicted molar refractivity (Wildman–Crippen MR) is 89.3 cm³/mol. The number of ether oxygens (including phenoxy) is 1. The fourth-order valence-electron chi connectivity index (χ4n) is 2.40. The first-order valence-corrected chi connectivity index (χ1v) is 7.55. The standard InChI is InChI=1S/C19H23NO2/c1-5-20(4)19(21)17-7-6-8-18(12-17)22-13-16-10-14(2)9-15(3)11-16/h6-12H,5,13H2,1-4H3. The molecule has 3 heteroatoms. The van der Waals surface area contributed by atoms with Gasteiger partial charge in [-0.05, 0) is 44.5 Å². The second-order valence-electron chi connectivity index (χ2n) is 5.63. The monoisotopic (exact) mass is 297 g/mol. The van der Waals surface area contributed by atoms with Gasteiger partial charge in [0, 0.05) is 19.2 Å². The number of nitrogens with zero attached hydrogens (tertiary/aromatic N) is 1. The van der Waals surface area contributed by atoms with Gasteiger partial charge in [0.1, 0.15) is 12.4 Å². The maximum Gasteiger partial charge on any atom is 0.253 e. The van der Waals surface area contributed by atoms with Crippen molar-refractivity contribution < 1.29 is 9.53 Å². The van der Waals surface area contributed by atoms with Gasteiger partial charge in [0.05, 0.1) is 0 Å². The minimum atomic E-state index is 0.0133. The number of hydrogen-bond donors (Lipinski definition) is 0. The summed E-state index contributed by atoms with van der Waals surface area (Å²) >= 11 is 0. The molecule has 0 aliphatic carbocycles. The second kappa shape index (κ2) is 7.12. The van der Waals surface area contributed by atoms with E-state index in [0.29, 0.717) is 18.7 Å². The van der Waals surface area contributed by atoms with E-state index < -0.39 is 0 Å². The van der Waals surface area contributed by atoms with Crippen LogP contribution in [0, 0.1) is 13.8 Å². The third kappa shape index (κ3) is 4.10. The number of amides is 1. The van der Waals surface area contributed by atoms with Crippen LogP contribution >= 0.6 is 0 Å². The first-order chi connectivity index (χ1) is 10.5. The van der Waals surface area contributed by atoms with Crippen molar-refractivity contribution in [3.05, 3.63) is 64.7 Å². The van der Waals surface area contributed by atoms with Gasteiger partial charge >= 0.3 is 0 Å². The summed E-state index contributed by atoms with van der Waals surface area (Å²) in [6.07, 6.45) is 0. The molecular formula is C19H23NO2. The van der Waals surface area contributed by atoms with Gasteiger partial charge in [-0.2, -0.15) is 0 Å². The van der Waals surface area contributed by atoms with Crippen LogP contribution in [0.4, 0.5) is 0 Å². The van der Waals surface area contributed by atoms with Gasteiger partial charge in [-0.3, -0.25) is 4.79 Å². The fraction of sp³-hybridized carbons (Fsp3) is 0.316. The molecule has 2 aromatic carbocycles. The summed E-state index contributed by atoms with van der Waals surface area (Å²) in [4.78, 5) is 13.8. The van der Waals surface area contributed by atoms with Crippen LogP contribution in [0.5, 0.6) is 5.75 Å². The molecule has 0 aliphatic heterocycles. The van der Waals surface area contributed by atoms with E-state index in [1.807, 2.05) is 25.1 Å². The lowest BCUT2D eigenvalue weighted by molar-refractivity contribution is 0.0802. The number of aryl methyl sites for hydroxylation is 2. The van der Waals surface area contributed by atoms with Crippen LogP contribution in [0.1, 0.15) is 34.0 Å². The quantitative estimate of drug-likeness (QED) is 0.835.